The molecule has 10 heavy (non-hydrogen) atoms. The van der Waals surface area contributed by atoms with Gasteiger partial charge in [0.25, 0.3) is 0 Å². The lowest BCUT2D eigenvalue weighted by atomic mass is 9.85. The third-order valence-corrected chi connectivity index (χ3v) is 4.44. The predicted molar refractivity (Wildman–Crippen MR) is 47.4 cm³/mol. The Morgan fingerprint density at radius 3 is 2.80 bits per heavy atom. The van der Waals surface area contributed by atoms with Crippen LogP contribution >= 0.6 is 11.8 Å². The van der Waals surface area contributed by atoms with Gasteiger partial charge in [0.1, 0.15) is 0 Å². The first-order chi connectivity index (χ1) is 4.81. The minimum Gasteiger partial charge on any atom is -0.161 e. The summed E-state index contributed by atoms with van der Waals surface area (Å²) >= 11 is 2.17. The molecule has 2 rings (SSSR count). The molecule has 2 aliphatic rings. The molecule has 1 saturated carbocycles. The van der Waals surface area contributed by atoms with Gasteiger partial charge < -0.3 is 0 Å². The molecule has 2 unspecified atom stereocenters. The van der Waals surface area contributed by atoms with Crippen molar-refractivity contribution in [3.05, 3.63) is 0 Å². The minimum absolute atomic E-state index is 0.823. The molecule has 0 amide bonds. The Kier molecular flexibility index (Phi) is 1.71. The molecule has 1 aliphatic carbocycles. The van der Waals surface area contributed by atoms with Gasteiger partial charge in [-0.25, -0.2) is 0 Å². The Bertz CT molecular complexity index is 125. The number of rotatable bonds is 0. The van der Waals surface area contributed by atoms with E-state index in [1.807, 2.05) is 0 Å². The van der Waals surface area contributed by atoms with Gasteiger partial charge in [-0.1, -0.05) is 13.3 Å². The van der Waals surface area contributed by atoms with Crippen LogP contribution in [-0.2, 0) is 0 Å². The van der Waals surface area contributed by atoms with E-state index in [-0.39, 0.29) is 0 Å². The normalized spacial score (nSPS) is 47.1. The first-order valence-electron chi connectivity index (χ1n) is 4.39. The van der Waals surface area contributed by atoms with Crippen molar-refractivity contribution in [2.45, 2.75) is 32.6 Å². The Balaban J connectivity index is 2.03. The summed E-state index contributed by atoms with van der Waals surface area (Å²) in [7, 11) is 0. The first-order valence-corrected chi connectivity index (χ1v) is 5.54. The monoisotopic (exact) mass is 156 g/mol. The molecule has 1 heterocycles. The fourth-order valence-corrected chi connectivity index (χ4v) is 4.06. The van der Waals surface area contributed by atoms with Gasteiger partial charge in [-0.2, -0.15) is 11.8 Å². The van der Waals surface area contributed by atoms with Gasteiger partial charge in [0.2, 0.25) is 0 Å². The molecule has 0 bridgehead atoms. The van der Waals surface area contributed by atoms with Crippen LogP contribution in [0.3, 0.4) is 0 Å². The average Bonchev–Trinajstić information content (AvgIpc) is 2.46. The highest BCUT2D eigenvalue weighted by atomic mass is 32.2. The summed E-state index contributed by atoms with van der Waals surface area (Å²) in [6, 6.07) is 0. The molecular weight excluding hydrogens is 140 g/mol. The summed E-state index contributed by atoms with van der Waals surface area (Å²) in [5, 5.41) is 0. The second kappa shape index (κ2) is 2.44. The second-order valence-corrected chi connectivity index (χ2v) is 5.26. The van der Waals surface area contributed by atoms with E-state index in [0.717, 1.165) is 11.3 Å². The Morgan fingerprint density at radius 2 is 2.30 bits per heavy atom. The maximum absolute atomic E-state index is 2.41. The average molecular weight is 156 g/mol. The molecule has 2 atom stereocenters. The van der Waals surface area contributed by atoms with Crippen LogP contribution in [0.5, 0.6) is 0 Å². The fourth-order valence-electron chi connectivity index (χ4n) is 2.50. The largest absolute Gasteiger partial charge is 0.161 e. The fraction of sp³-hybridized carbons (Fsp3) is 1.00. The molecule has 1 spiro atoms. The number of hydrogen-bond acceptors (Lipinski definition) is 1. The van der Waals surface area contributed by atoms with Crippen molar-refractivity contribution < 1.29 is 0 Å². The molecule has 0 radical (unpaired) electrons. The van der Waals surface area contributed by atoms with Gasteiger partial charge >= 0.3 is 0 Å². The number of thioether (sulfide) groups is 1. The maximum atomic E-state index is 2.41. The summed E-state index contributed by atoms with van der Waals surface area (Å²) in [5.41, 5.74) is 0.823. The highest BCUT2D eigenvalue weighted by molar-refractivity contribution is 7.99. The smallest absolute Gasteiger partial charge is 0.00104 e. The zero-order valence-corrected chi connectivity index (χ0v) is 7.54. The van der Waals surface area contributed by atoms with E-state index in [0.29, 0.717) is 0 Å². The molecule has 0 N–H and O–H groups in total. The predicted octanol–water partition coefficient (Wildman–Crippen LogP) is 2.93. The summed E-state index contributed by atoms with van der Waals surface area (Å²) < 4.78 is 0. The van der Waals surface area contributed by atoms with Crippen molar-refractivity contribution in [2.75, 3.05) is 11.5 Å². The highest BCUT2D eigenvalue weighted by Crippen LogP contribution is 2.50. The standard InChI is InChI=1S/C9H16S/c1-8-2-3-9(6-8)4-5-10-7-9/h8H,2-7H2,1H3. The third-order valence-electron chi connectivity index (χ3n) is 3.13. The van der Waals surface area contributed by atoms with Gasteiger partial charge in [0.15, 0.2) is 0 Å². The van der Waals surface area contributed by atoms with Crippen molar-refractivity contribution in [3.63, 3.8) is 0 Å². The van der Waals surface area contributed by atoms with E-state index in [4.69, 9.17) is 0 Å². The van der Waals surface area contributed by atoms with Gasteiger partial charge in [-0.15, -0.1) is 0 Å². The van der Waals surface area contributed by atoms with E-state index in [1.54, 1.807) is 0 Å². The van der Waals surface area contributed by atoms with Gasteiger partial charge in [-0.3, -0.25) is 0 Å². The lowest BCUT2D eigenvalue weighted by Crippen LogP contribution is -2.14. The van der Waals surface area contributed by atoms with E-state index in [1.165, 1.54) is 37.2 Å². The zero-order valence-electron chi connectivity index (χ0n) is 6.73. The zero-order chi connectivity index (χ0) is 7.03. The topological polar surface area (TPSA) is 0 Å². The number of hydrogen-bond donors (Lipinski definition) is 0. The molecule has 0 aromatic carbocycles. The van der Waals surface area contributed by atoms with Crippen LogP contribution in [-0.4, -0.2) is 11.5 Å². The molecule has 1 heteroatoms. The minimum atomic E-state index is 0.823. The molecule has 1 saturated heterocycles. The van der Waals surface area contributed by atoms with Crippen LogP contribution in [0.1, 0.15) is 32.6 Å². The third kappa shape index (κ3) is 1.09. The molecule has 0 nitrogen and oxygen atoms in total. The highest BCUT2D eigenvalue weighted by Gasteiger charge is 2.39. The SMILES string of the molecule is CC1CCC2(CCSC2)C1. The van der Waals surface area contributed by atoms with Crippen LogP contribution in [0.2, 0.25) is 0 Å². The molecular formula is C9H16S. The van der Waals surface area contributed by atoms with E-state index in [2.05, 4.69) is 18.7 Å². The summed E-state index contributed by atoms with van der Waals surface area (Å²) in [4.78, 5) is 0. The van der Waals surface area contributed by atoms with Crippen LogP contribution in [0.4, 0.5) is 0 Å². The molecule has 0 aromatic rings. The first kappa shape index (κ1) is 7.02. The Morgan fingerprint density at radius 1 is 1.40 bits per heavy atom. The molecule has 1 aliphatic heterocycles. The Labute approximate surface area is 67.8 Å². The summed E-state index contributed by atoms with van der Waals surface area (Å²) in [6.07, 6.45) is 6.07. The molecule has 58 valence electrons. The second-order valence-electron chi connectivity index (χ2n) is 4.15. The lowest BCUT2D eigenvalue weighted by Gasteiger charge is -2.20. The van der Waals surface area contributed by atoms with Crippen LogP contribution < -0.4 is 0 Å². The summed E-state index contributed by atoms with van der Waals surface area (Å²) in [5.74, 6) is 3.93. The van der Waals surface area contributed by atoms with Crippen LogP contribution in [0, 0.1) is 11.3 Å². The van der Waals surface area contributed by atoms with Gasteiger partial charge in [0, 0.05) is 0 Å². The quantitative estimate of drug-likeness (QED) is 0.519. The van der Waals surface area contributed by atoms with Crippen molar-refractivity contribution in [3.8, 4) is 0 Å². The van der Waals surface area contributed by atoms with E-state index in [9.17, 15) is 0 Å². The molecule has 2 fully saturated rings. The van der Waals surface area contributed by atoms with Crippen molar-refractivity contribution in [2.24, 2.45) is 11.3 Å². The summed E-state index contributed by atoms with van der Waals surface area (Å²) in [6.45, 7) is 2.41. The van der Waals surface area contributed by atoms with Crippen LogP contribution in [0.25, 0.3) is 0 Å². The van der Waals surface area contributed by atoms with Gasteiger partial charge in [-0.05, 0) is 42.1 Å². The van der Waals surface area contributed by atoms with Crippen molar-refractivity contribution >= 4 is 11.8 Å². The van der Waals surface area contributed by atoms with Gasteiger partial charge in [0.05, 0.1) is 0 Å². The van der Waals surface area contributed by atoms with E-state index >= 15 is 0 Å². The van der Waals surface area contributed by atoms with Crippen molar-refractivity contribution in [1.82, 2.24) is 0 Å². The van der Waals surface area contributed by atoms with Crippen molar-refractivity contribution in [1.29, 1.82) is 0 Å². The molecule has 0 aromatic heterocycles. The lowest BCUT2D eigenvalue weighted by molar-refractivity contribution is 0.336. The Hall–Kier alpha value is 0.350. The van der Waals surface area contributed by atoms with E-state index < -0.39 is 0 Å². The maximum Gasteiger partial charge on any atom is -0.00104 e. The van der Waals surface area contributed by atoms with Crippen LogP contribution in [0.15, 0.2) is 0 Å².